The minimum absolute atomic E-state index is 0. The number of aryl methyl sites for hydroxylation is 6. The number of fused-ring (bicyclic) bond motifs is 3. The van der Waals surface area contributed by atoms with Gasteiger partial charge < -0.3 is 24.8 Å². The van der Waals surface area contributed by atoms with E-state index in [4.69, 9.17) is 23.2 Å². The molecule has 0 nitrogen and oxygen atoms in total. The molecule has 2 aliphatic rings. The first kappa shape index (κ1) is 46.2. The molecule has 0 saturated heterocycles. The monoisotopic (exact) mass is 944 g/mol. The fourth-order valence-electron chi connectivity index (χ4n) is 10.0. The van der Waals surface area contributed by atoms with Crippen LogP contribution in [-0.2, 0) is 21.3 Å². The summed E-state index contributed by atoms with van der Waals surface area (Å²) in [4.78, 5) is 0. The van der Waals surface area contributed by atoms with Gasteiger partial charge in [-0.15, -0.1) is 0 Å². The summed E-state index contributed by atoms with van der Waals surface area (Å²) in [5.74, 6) is 0.375. The van der Waals surface area contributed by atoms with Gasteiger partial charge in [-0.3, -0.25) is 0 Å². The van der Waals surface area contributed by atoms with Crippen LogP contribution in [0.3, 0.4) is 0 Å². The SMILES string of the molecule is CCC1C=C(C(C)(C)C)C=[C]1[Zr+2](=[C](c1ccc(Cl)cc1)c1ccc(Cl)cc1)[CH]1c2cc(-c3c(C)cc(C)cc3C)ccc2-c2ccc(-c3c(C)cc(C)cc3C)cc21.[Cl-].[Cl-]. The molecule has 0 N–H and O–H groups in total. The summed E-state index contributed by atoms with van der Waals surface area (Å²) in [6, 6.07) is 41.5. The number of benzene rings is 6. The summed E-state index contributed by atoms with van der Waals surface area (Å²) in [7, 11) is 0. The van der Waals surface area contributed by atoms with E-state index < -0.39 is 21.3 Å². The van der Waals surface area contributed by atoms with Crippen LogP contribution in [0.15, 0.2) is 130 Å². The zero-order chi connectivity index (χ0) is 41.2. The molecule has 0 radical (unpaired) electrons. The molecule has 2 aliphatic carbocycles. The molecule has 60 heavy (non-hydrogen) atoms. The fourth-order valence-corrected chi connectivity index (χ4v) is 20.0. The summed E-state index contributed by atoms with van der Waals surface area (Å²) in [6.45, 7) is 23.0. The second-order valence-electron chi connectivity index (χ2n) is 17.9. The zero-order valence-electron chi connectivity index (χ0n) is 36.4. The van der Waals surface area contributed by atoms with Gasteiger partial charge in [0, 0.05) is 0 Å². The Hall–Kier alpha value is -3.29. The summed E-state index contributed by atoms with van der Waals surface area (Å²) >= 11 is 10.1. The Balaban J connectivity index is 0.00000302. The standard InChI is InChI=1S/C31H29.C13H8Cl2.C11H17.2ClH.Zr/c1-18-11-20(3)30(21(4)12-18)24-7-9-28-26(15-24)17-27-16-25(8-10-29(27)28)31-22(5)13-19(2)14-23(31)6;14-12-5-1-10(2-6-12)9-11-3-7-13(15)8-4-11;1-5-9-6-7-10(8-9)11(2,3)4;;;/h7-17H,1-6H3;1-8H;7-9H,5H2,1-4H3;2*1H;/q;;;;;+2/p-2. The molecule has 1 unspecified atom stereocenters. The average molecular weight is 948 g/mol. The summed E-state index contributed by atoms with van der Waals surface area (Å²) in [5.41, 5.74) is 22.9. The van der Waals surface area contributed by atoms with Gasteiger partial charge >= 0.3 is 368 Å². The maximum atomic E-state index is 6.66. The molecule has 8 rings (SSSR count). The van der Waals surface area contributed by atoms with Crippen molar-refractivity contribution in [3.63, 3.8) is 0 Å². The van der Waals surface area contributed by atoms with Crippen molar-refractivity contribution >= 4 is 26.4 Å². The molecule has 0 aliphatic heterocycles. The smallest absolute Gasteiger partial charge is 1.00 e. The molecular weight excluding hydrogens is 894 g/mol. The number of hydrogen-bond donors (Lipinski definition) is 0. The molecule has 0 bridgehead atoms. The van der Waals surface area contributed by atoms with Crippen LogP contribution in [0.4, 0.5) is 0 Å². The van der Waals surface area contributed by atoms with Crippen molar-refractivity contribution in [3.05, 3.63) is 196 Å². The van der Waals surface area contributed by atoms with Crippen LogP contribution in [0.1, 0.15) is 93.4 Å². The van der Waals surface area contributed by atoms with Crippen molar-refractivity contribution < 1.29 is 46.1 Å². The van der Waals surface area contributed by atoms with E-state index in [2.05, 4.69) is 191 Å². The first-order valence-electron chi connectivity index (χ1n) is 20.8. The molecular formula is C55H54Cl4Zr. The number of halogens is 4. The van der Waals surface area contributed by atoms with E-state index in [1.807, 2.05) is 0 Å². The van der Waals surface area contributed by atoms with E-state index in [-0.39, 0.29) is 33.9 Å². The minimum atomic E-state index is -3.19. The third-order valence-electron chi connectivity index (χ3n) is 12.5. The quantitative estimate of drug-likeness (QED) is 0.150. The second kappa shape index (κ2) is 18.2. The molecule has 1 atom stereocenters. The minimum Gasteiger partial charge on any atom is -1.00 e. The van der Waals surface area contributed by atoms with Gasteiger partial charge in [0.2, 0.25) is 0 Å². The summed E-state index contributed by atoms with van der Waals surface area (Å²) in [5, 5.41) is 1.51. The second-order valence-corrected chi connectivity index (χ2v) is 24.8. The third-order valence-corrected chi connectivity index (χ3v) is 21.5. The van der Waals surface area contributed by atoms with Crippen molar-refractivity contribution in [3.8, 4) is 33.4 Å². The van der Waals surface area contributed by atoms with Gasteiger partial charge in [0.05, 0.1) is 0 Å². The predicted octanol–water partition coefficient (Wildman–Crippen LogP) is 10.0. The third kappa shape index (κ3) is 8.70. The predicted molar refractivity (Wildman–Crippen MR) is 249 cm³/mol. The van der Waals surface area contributed by atoms with E-state index in [9.17, 15) is 0 Å². The molecule has 0 fully saturated rings. The molecule has 0 amide bonds. The van der Waals surface area contributed by atoms with Crippen molar-refractivity contribution in [2.75, 3.05) is 0 Å². The number of hydrogen-bond acceptors (Lipinski definition) is 0. The molecule has 306 valence electrons. The first-order chi connectivity index (χ1) is 27.6. The Bertz CT molecular complexity index is 2510. The molecule has 6 aromatic carbocycles. The van der Waals surface area contributed by atoms with E-state index in [1.54, 1.807) is 3.28 Å². The molecule has 5 heteroatoms. The van der Waals surface area contributed by atoms with Gasteiger partial charge in [0.1, 0.15) is 0 Å². The van der Waals surface area contributed by atoms with Crippen LogP contribution in [0.25, 0.3) is 33.4 Å². The largest absolute Gasteiger partial charge is 1.00 e. The Morgan fingerprint density at radius 1 is 0.567 bits per heavy atom. The topological polar surface area (TPSA) is 0 Å². The van der Waals surface area contributed by atoms with E-state index in [1.165, 1.54) is 97.8 Å². The van der Waals surface area contributed by atoms with E-state index >= 15 is 0 Å². The van der Waals surface area contributed by atoms with Gasteiger partial charge in [0.15, 0.2) is 0 Å². The van der Waals surface area contributed by atoms with Crippen molar-refractivity contribution in [1.82, 2.24) is 0 Å². The summed E-state index contributed by atoms with van der Waals surface area (Å²) < 4.78 is 3.38. The first-order valence-corrected chi connectivity index (χ1v) is 25.4. The normalized spacial score (nSPS) is 14.3. The van der Waals surface area contributed by atoms with Crippen LogP contribution >= 0.6 is 23.2 Å². The van der Waals surface area contributed by atoms with Crippen molar-refractivity contribution in [1.29, 1.82) is 0 Å². The van der Waals surface area contributed by atoms with Gasteiger partial charge in [-0.2, -0.15) is 0 Å². The Morgan fingerprint density at radius 3 is 1.33 bits per heavy atom. The Morgan fingerprint density at radius 2 is 0.967 bits per heavy atom. The van der Waals surface area contributed by atoms with Crippen LogP contribution in [0.5, 0.6) is 0 Å². The van der Waals surface area contributed by atoms with Gasteiger partial charge in [-0.1, -0.05) is 0 Å². The van der Waals surface area contributed by atoms with Gasteiger partial charge in [-0.25, -0.2) is 0 Å². The molecule has 0 heterocycles. The maximum absolute atomic E-state index is 6.66. The molecule has 0 aromatic heterocycles. The van der Waals surface area contributed by atoms with Gasteiger partial charge in [-0.05, 0) is 0 Å². The Labute approximate surface area is 389 Å². The van der Waals surface area contributed by atoms with E-state index in [0.29, 0.717) is 5.92 Å². The molecule has 0 spiro atoms. The number of allylic oxidation sites excluding steroid dienone is 4. The molecule has 0 saturated carbocycles. The Kier molecular flexibility index (Phi) is 14.0. The van der Waals surface area contributed by atoms with Crippen LogP contribution in [-0.4, -0.2) is 3.21 Å². The zero-order valence-corrected chi connectivity index (χ0v) is 41.9. The van der Waals surface area contributed by atoms with Crippen LogP contribution < -0.4 is 24.8 Å². The molecule has 6 aromatic rings. The van der Waals surface area contributed by atoms with Crippen LogP contribution in [0, 0.1) is 52.9 Å². The number of rotatable bonds is 7. The summed E-state index contributed by atoms with van der Waals surface area (Å²) in [6.07, 6.45) is 6.33. The fraction of sp³-hybridized carbons (Fsp3) is 0.255. The van der Waals surface area contributed by atoms with Gasteiger partial charge in [0.25, 0.3) is 0 Å². The maximum Gasteiger partial charge on any atom is -1.00 e. The van der Waals surface area contributed by atoms with Crippen molar-refractivity contribution in [2.24, 2.45) is 11.3 Å². The van der Waals surface area contributed by atoms with E-state index in [0.717, 1.165) is 16.5 Å². The average Bonchev–Trinajstić information content (AvgIpc) is 3.74. The van der Waals surface area contributed by atoms with Crippen molar-refractivity contribution in [2.45, 2.75) is 79.3 Å². The van der Waals surface area contributed by atoms with Crippen LogP contribution in [0.2, 0.25) is 10.0 Å².